The van der Waals surface area contributed by atoms with Crippen LogP contribution in [0.2, 0.25) is 5.02 Å². The van der Waals surface area contributed by atoms with E-state index in [1.54, 1.807) is 31.2 Å². The summed E-state index contributed by atoms with van der Waals surface area (Å²) in [6, 6.07) is 5.90. The van der Waals surface area contributed by atoms with Gasteiger partial charge in [-0.1, -0.05) is 23.4 Å². The minimum absolute atomic E-state index is 0.0460. The van der Waals surface area contributed by atoms with Crippen LogP contribution in [0, 0.1) is 13.8 Å². The predicted molar refractivity (Wildman–Crippen MR) is 121 cm³/mol. The summed E-state index contributed by atoms with van der Waals surface area (Å²) >= 11 is 8.25. The molecule has 0 bridgehead atoms. The van der Waals surface area contributed by atoms with Crippen molar-refractivity contribution >= 4 is 62.6 Å². The van der Waals surface area contributed by atoms with E-state index in [9.17, 15) is 14.4 Å². The Morgan fingerprint density at radius 1 is 1.27 bits per heavy atom. The highest BCUT2D eigenvalue weighted by atomic mass is 35.5. The molecule has 0 atom stereocenters. The van der Waals surface area contributed by atoms with Crippen molar-refractivity contribution in [3.05, 3.63) is 50.1 Å². The zero-order valence-corrected chi connectivity index (χ0v) is 18.8. The van der Waals surface area contributed by atoms with Gasteiger partial charge >= 0.3 is 12.0 Å². The number of carbonyl (C=O) groups excluding carboxylic acids is 2. The van der Waals surface area contributed by atoms with Gasteiger partial charge in [0.05, 0.1) is 17.7 Å². The van der Waals surface area contributed by atoms with E-state index in [0.29, 0.717) is 20.9 Å². The lowest BCUT2D eigenvalue weighted by Gasteiger charge is -2.14. The van der Waals surface area contributed by atoms with E-state index < -0.39 is 17.6 Å². The van der Waals surface area contributed by atoms with Gasteiger partial charge in [-0.15, -0.1) is 11.3 Å². The van der Waals surface area contributed by atoms with Gasteiger partial charge in [-0.2, -0.15) is 4.68 Å². The molecule has 0 spiro atoms. The smallest absolute Gasteiger partial charge is 0.338 e. The van der Waals surface area contributed by atoms with Gasteiger partial charge in [0, 0.05) is 15.6 Å². The standard InChI is InChI=1S/C19H19ClN4O4S2/c1-4-28-14(25)9-29-19-22-16-15(10(2)11(3)30-16)17(26)24(19)23-18(27)21-13-7-5-12(20)6-8-13/h5-8H,4,9H2,1-3H3,(H2,21,23,27). The molecule has 0 radical (unpaired) electrons. The van der Waals surface area contributed by atoms with Gasteiger partial charge in [-0.25, -0.2) is 15.2 Å². The number of nitrogens with zero attached hydrogens (tertiary/aromatic N) is 2. The molecule has 0 aliphatic carbocycles. The normalized spacial score (nSPS) is 10.8. The van der Waals surface area contributed by atoms with Crippen molar-refractivity contribution < 1.29 is 14.3 Å². The van der Waals surface area contributed by atoms with E-state index in [2.05, 4.69) is 15.7 Å². The minimum Gasteiger partial charge on any atom is -0.465 e. The molecule has 2 aromatic heterocycles. The molecule has 30 heavy (non-hydrogen) atoms. The SMILES string of the molecule is CCOC(=O)CSc1nc2sc(C)c(C)c2c(=O)n1NC(=O)Nc1ccc(Cl)cc1. The van der Waals surface area contributed by atoms with Crippen LogP contribution in [0.5, 0.6) is 0 Å². The van der Waals surface area contributed by atoms with E-state index in [0.717, 1.165) is 26.9 Å². The fourth-order valence-corrected chi connectivity index (χ4v) is 4.54. The van der Waals surface area contributed by atoms with Crippen molar-refractivity contribution in [2.45, 2.75) is 25.9 Å². The van der Waals surface area contributed by atoms with Crippen molar-refractivity contribution in [3.63, 3.8) is 0 Å². The third-order valence-corrected chi connectivity index (χ3v) is 6.38. The highest BCUT2D eigenvalue weighted by Crippen LogP contribution is 2.28. The molecule has 0 saturated heterocycles. The number of halogens is 1. The first-order valence-electron chi connectivity index (χ1n) is 8.95. The summed E-state index contributed by atoms with van der Waals surface area (Å²) in [5, 5.41) is 3.79. The summed E-state index contributed by atoms with van der Waals surface area (Å²) in [6.07, 6.45) is 0. The highest BCUT2D eigenvalue weighted by Gasteiger charge is 2.19. The third kappa shape index (κ3) is 4.94. The number of thioether (sulfide) groups is 1. The van der Waals surface area contributed by atoms with Crippen molar-refractivity contribution in [2.75, 3.05) is 23.1 Å². The van der Waals surface area contributed by atoms with Crippen molar-refractivity contribution in [3.8, 4) is 0 Å². The first kappa shape index (κ1) is 22.1. The molecular weight excluding hydrogens is 448 g/mol. The molecule has 1 aromatic carbocycles. The van der Waals surface area contributed by atoms with Crippen LogP contribution in [0.1, 0.15) is 17.4 Å². The number of fused-ring (bicyclic) bond motifs is 1. The maximum absolute atomic E-state index is 13.1. The average Bonchev–Trinajstić information content (AvgIpc) is 2.98. The van der Waals surface area contributed by atoms with E-state index >= 15 is 0 Å². The Kier molecular flexibility index (Phi) is 7.01. The molecule has 3 rings (SSSR count). The van der Waals surface area contributed by atoms with Crippen LogP contribution in [0.4, 0.5) is 10.5 Å². The zero-order valence-electron chi connectivity index (χ0n) is 16.4. The Morgan fingerprint density at radius 2 is 1.97 bits per heavy atom. The monoisotopic (exact) mass is 466 g/mol. The summed E-state index contributed by atoms with van der Waals surface area (Å²) in [6.45, 7) is 5.70. The maximum atomic E-state index is 13.1. The molecule has 2 N–H and O–H groups in total. The van der Waals surface area contributed by atoms with E-state index in [-0.39, 0.29) is 17.5 Å². The summed E-state index contributed by atoms with van der Waals surface area (Å²) < 4.78 is 5.98. The molecular formula is C19H19ClN4O4S2. The lowest BCUT2D eigenvalue weighted by Crippen LogP contribution is -2.37. The fraction of sp³-hybridized carbons (Fsp3) is 0.263. The number of aryl methyl sites for hydroxylation is 2. The molecule has 158 valence electrons. The number of urea groups is 1. The molecule has 0 saturated carbocycles. The summed E-state index contributed by atoms with van der Waals surface area (Å²) in [5.41, 5.74) is 3.41. The second-order valence-corrected chi connectivity index (χ2v) is 8.75. The van der Waals surface area contributed by atoms with E-state index in [4.69, 9.17) is 16.3 Å². The van der Waals surface area contributed by atoms with Crippen molar-refractivity contribution in [2.24, 2.45) is 0 Å². The molecule has 0 fully saturated rings. The van der Waals surface area contributed by atoms with Crippen LogP contribution < -0.4 is 16.3 Å². The van der Waals surface area contributed by atoms with Crippen molar-refractivity contribution in [1.29, 1.82) is 0 Å². The van der Waals surface area contributed by atoms with Gasteiger partial charge in [0.2, 0.25) is 0 Å². The molecule has 2 amide bonds. The lowest BCUT2D eigenvalue weighted by molar-refractivity contribution is -0.139. The Labute approximate surface area is 185 Å². The van der Waals surface area contributed by atoms with Crippen molar-refractivity contribution in [1.82, 2.24) is 9.66 Å². The van der Waals surface area contributed by atoms with Crippen LogP contribution in [0.3, 0.4) is 0 Å². The van der Waals surface area contributed by atoms with Crippen LogP contribution in [-0.4, -0.2) is 34.0 Å². The van der Waals surface area contributed by atoms with Gasteiger partial charge in [-0.3, -0.25) is 9.59 Å². The van der Waals surface area contributed by atoms with Gasteiger partial charge < -0.3 is 10.1 Å². The van der Waals surface area contributed by atoms with Crippen LogP contribution in [0.25, 0.3) is 10.2 Å². The molecule has 0 aliphatic heterocycles. The van der Waals surface area contributed by atoms with E-state index in [1.165, 1.54) is 11.3 Å². The second-order valence-electron chi connectivity index (χ2n) is 6.16. The Bertz CT molecular complexity index is 1160. The van der Waals surface area contributed by atoms with Crippen LogP contribution in [-0.2, 0) is 9.53 Å². The second kappa shape index (κ2) is 9.50. The summed E-state index contributed by atoms with van der Waals surface area (Å²) in [5.74, 6) is -0.483. The first-order chi connectivity index (χ1) is 14.3. The number of ether oxygens (including phenoxy) is 1. The number of hydrogen-bond acceptors (Lipinski definition) is 7. The van der Waals surface area contributed by atoms with Gasteiger partial charge in [0.15, 0.2) is 5.16 Å². The number of anilines is 1. The van der Waals surface area contributed by atoms with Crippen LogP contribution in [0.15, 0.2) is 34.2 Å². The topological polar surface area (TPSA) is 102 Å². The first-order valence-corrected chi connectivity index (χ1v) is 11.1. The van der Waals surface area contributed by atoms with Gasteiger partial charge in [-0.05, 0) is 50.6 Å². The Hall–Kier alpha value is -2.56. The number of hydrogen-bond donors (Lipinski definition) is 2. The predicted octanol–water partition coefficient (Wildman–Crippen LogP) is 4.16. The number of rotatable bonds is 6. The van der Waals surface area contributed by atoms with E-state index in [1.807, 2.05) is 13.8 Å². The minimum atomic E-state index is -0.636. The lowest BCUT2D eigenvalue weighted by atomic mass is 10.2. The molecule has 11 heteroatoms. The molecule has 0 aliphatic rings. The van der Waals surface area contributed by atoms with Gasteiger partial charge in [0.25, 0.3) is 5.56 Å². The molecule has 2 heterocycles. The summed E-state index contributed by atoms with van der Waals surface area (Å²) in [4.78, 5) is 43.4. The molecule has 8 nitrogen and oxygen atoms in total. The zero-order chi connectivity index (χ0) is 21.8. The van der Waals surface area contributed by atoms with Gasteiger partial charge in [0.1, 0.15) is 4.83 Å². The quantitative estimate of drug-likeness (QED) is 0.321. The number of benzene rings is 1. The number of carbonyl (C=O) groups is 2. The fourth-order valence-electron chi connectivity index (χ4n) is 2.59. The number of nitrogens with one attached hydrogen (secondary N) is 2. The summed E-state index contributed by atoms with van der Waals surface area (Å²) in [7, 11) is 0. The highest BCUT2D eigenvalue weighted by molar-refractivity contribution is 7.99. The third-order valence-electron chi connectivity index (χ3n) is 4.11. The number of esters is 1. The number of amides is 2. The Morgan fingerprint density at radius 3 is 2.63 bits per heavy atom. The molecule has 3 aromatic rings. The number of thiophene rings is 1. The largest absolute Gasteiger partial charge is 0.465 e. The number of aromatic nitrogens is 2. The Balaban J connectivity index is 1.93. The average molecular weight is 467 g/mol. The maximum Gasteiger partial charge on any atom is 0.338 e. The van der Waals surface area contributed by atoms with Crippen LogP contribution >= 0.6 is 34.7 Å². The molecule has 0 unspecified atom stereocenters.